The maximum absolute atomic E-state index is 10.8. The zero-order valence-electron chi connectivity index (χ0n) is 10.9. The van der Waals surface area contributed by atoms with Crippen LogP contribution in [-0.4, -0.2) is 58.4 Å². The van der Waals surface area contributed by atoms with Crippen LogP contribution in [0.3, 0.4) is 0 Å². The molecule has 0 saturated carbocycles. The molecule has 1 fully saturated rings. The quantitative estimate of drug-likeness (QED) is 0.423. The van der Waals surface area contributed by atoms with E-state index in [0.29, 0.717) is 12.8 Å². The van der Waals surface area contributed by atoms with Crippen LogP contribution in [0.15, 0.2) is 0 Å². The molecular formula is C12H24N4O2+2. The summed E-state index contributed by atoms with van der Waals surface area (Å²) in [6.07, 6.45) is 0.936. The first-order valence-electron chi connectivity index (χ1n) is 6.62. The lowest BCUT2D eigenvalue weighted by Crippen LogP contribution is -3.21. The second kappa shape index (κ2) is 8.86. The predicted octanol–water partition coefficient (Wildman–Crippen LogP) is -3.42. The molecule has 0 aromatic heterocycles. The maximum Gasteiger partial charge on any atom is 0.223 e. The van der Waals surface area contributed by atoms with Crippen LogP contribution in [0, 0.1) is 11.3 Å². The van der Waals surface area contributed by atoms with Crippen LogP contribution >= 0.6 is 0 Å². The van der Waals surface area contributed by atoms with Crippen molar-refractivity contribution in [3.05, 3.63) is 0 Å². The number of nitrogens with one attached hydrogen (secondary N) is 2. The second-order valence-electron chi connectivity index (χ2n) is 4.74. The highest BCUT2D eigenvalue weighted by Crippen LogP contribution is 1.75. The van der Waals surface area contributed by atoms with E-state index in [-0.39, 0.29) is 5.91 Å². The summed E-state index contributed by atoms with van der Waals surface area (Å²) in [7, 11) is 0. The number of morpholine rings is 1. The summed E-state index contributed by atoms with van der Waals surface area (Å²) < 4.78 is 5.32. The molecule has 0 spiro atoms. The monoisotopic (exact) mass is 256 g/mol. The van der Waals surface area contributed by atoms with E-state index in [4.69, 9.17) is 15.7 Å². The molecule has 0 bridgehead atoms. The number of quaternary nitrogens is 2. The maximum atomic E-state index is 10.8. The first-order chi connectivity index (χ1) is 8.72. The van der Waals surface area contributed by atoms with Crippen LogP contribution in [0.2, 0.25) is 0 Å². The minimum atomic E-state index is -0.261. The number of primary amides is 1. The van der Waals surface area contributed by atoms with Gasteiger partial charge in [0.15, 0.2) is 0 Å². The number of rotatable bonds is 8. The van der Waals surface area contributed by atoms with Crippen molar-refractivity contribution in [1.29, 1.82) is 5.26 Å². The summed E-state index contributed by atoms with van der Waals surface area (Å²) in [5.41, 5.74) is 5.17. The third kappa shape index (κ3) is 6.55. The second-order valence-corrected chi connectivity index (χ2v) is 4.74. The predicted molar refractivity (Wildman–Crippen MR) is 66.0 cm³/mol. The van der Waals surface area contributed by atoms with Crippen LogP contribution in [-0.2, 0) is 9.53 Å². The van der Waals surface area contributed by atoms with Gasteiger partial charge in [-0.25, -0.2) is 0 Å². The van der Waals surface area contributed by atoms with Crippen LogP contribution in [0.1, 0.15) is 12.8 Å². The van der Waals surface area contributed by atoms with Crippen molar-refractivity contribution in [2.75, 3.05) is 52.5 Å². The van der Waals surface area contributed by atoms with Gasteiger partial charge in [-0.2, -0.15) is 5.26 Å². The lowest BCUT2D eigenvalue weighted by Gasteiger charge is -2.25. The molecule has 0 aliphatic carbocycles. The smallest absolute Gasteiger partial charge is 0.223 e. The average Bonchev–Trinajstić information content (AvgIpc) is 2.39. The molecule has 1 aliphatic rings. The molecule has 18 heavy (non-hydrogen) atoms. The first kappa shape index (κ1) is 14.9. The van der Waals surface area contributed by atoms with E-state index >= 15 is 0 Å². The number of nitrogens with zero attached hydrogens (tertiary/aromatic N) is 1. The Morgan fingerprint density at radius 1 is 1.33 bits per heavy atom. The fourth-order valence-electron chi connectivity index (χ4n) is 2.17. The number of nitrogens with two attached hydrogens (primary N) is 1. The van der Waals surface area contributed by atoms with Crippen molar-refractivity contribution in [3.63, 3.8) is 0 Å². The summed E-state index contributed by atoms with van der Waals surface area (Å²) in [6, 6.07) is 2.16. The molecule has 1 saturated heterocycles. The largest absolute Gasteiger partial charge is 0.370 e. The van der Waals surface area contributed by atoms with Crippen molar-refractivity contribution in [3.8, 4) is 6.07 Å². The molecule has 0 aromatic carbocycles. The van der Waals surface area contributed by atoms with E-state index < -0.39 is 0 Å². The van der Waals surface area contributed by atoms with E-state index in [1.54, 1.807) is 4.90 Å². The van der Waals surface area contributed by atoms with Gasteiger partial charge >= 0.3 is 0 Å². The Morgan fingerprint density at radius 3 is 2.67 bits per heavy atom. The summed E-state index contributed by atoms with van der Waals surface area (Å²) in [6.45, 7) is 7.39. The Balaban J connectivity index is 2.25. The van der Waals surface area contributed by atoms with Gasteiger partial charge in [-0.1, -0.05) is 0 Å². The van der Waals surface area contributed by atoms with E-state index in [0.717, 1.165) is 52.5 Å². The topological polar surface area (TPSA) is 85.0 Å². The van der Waals surface area contributed by atoms with Gasteiger partial charge in [0.2, 0.25) is 5.91 Å². The van der Waals surface area contributed by atoms with Gasteiger partial charge in [-0.15, -0.1) is 0 Å². The SMILES string of the molecule is N#CCC[NH+](CCC(N)=O)CC[NH+]1CCOCC1. The zero-order chi connectivity index (χ0) is 13.2. The Kier molecular flexibility index (Phi) is 7.34. The lowest BCUT2D eigenvalue weighted by atomic mass is 10.3. The fourth-order valence-corrected chi connectivity index (χ4v) is 2.17. The Hall–Kier alpha value is -1.16. The number of amides is 1. The zero-order valence-corrected chi connectivity index (χ0v) is 10.9. The number of hydrogen-bond acceptors (Lipinski definition) is 3. The van der Waals surface area contributed by atoms with E-state index in [2.05, 4.69) is 6.07 Å². The van der Waals surface area contributed by atoms with Crippen molar-refractivity contribution < 1.29 is 19.3 Å². The molecule has 102 valence electrons. The highest BCUT2D eigenvalue weighted by atomic mass is 16.5. The third-order valence-electron chi connectivity index (χ3n) is 3.35. The number of carbonyl (C=O) groups excluding carboxylic acids is 1. The van der Waals surface area contributed by atoms with Gasteiger partial charge in [-0.05, 0) is 0 Å². The molecule has 1 rings (SSSR count). The summed E-state index contributed by atoms with van der Waals surface area (Å²) in [5, 5.41) is 8.63. The van der Waals surface area contributed by atoms with E-state index in [1.807, 2.05) is 0 Å². The molecule has 4 N–H and O–H groups in total. The number of carbonyl (C=O) groups is 1. The van der Waals surface area contributed by atoms with E-state index in [1.165, 1.54) is 4.90 Å². The molecule has 1 amide bonds. The van der Waals surface area contributed by atoms with Crippen LogP contribution < -0.4 is 15.5 Å². The number of nitriles is 1. The normalized spacial score (nSPS) is 18.2. The molecule has 1 atom stereocenters. The van der Waals surface area contributed by atoms with Gasteiger partial charge in [0.05, 0.1) is 45.2 Å². The minimum Gasteiger partial charge on any atom is -0.370 e. The lowest BCUT2D eigenvalue weighted by molar-refractivity contribution is -0.960. The molecule has 0 aromatic rings. The van der Waals surface area contributed by atoms with E-state index in [9.17, 15) is 4.79 Å². The minimum absolute atomic E-state index is 0.261. The van der Waals surface area contributed by atoms with Crippen LogP contribution in [0.25, 0.3) is 0 Å². The molecule has 6 nitrogen and oxygen atoms in total. The van der Waals surface area contributed by atoms with Crippen molar-refractivity contribution in [1.82, 2.24) is 0 Å². The highest BCUT2D eigenvalue weighted by molar-refractivity contribution is 5.73. The van der Waals surface area contributed by atoms with Gasteiger partial charge in [0, 0.05) is 0 Å². The highest BCUT2D eigenvalue weighted by Gasteiger charge is 2.17. The summed E-state index contributed by atoms with van der Waals surface area (Å²) in [5.74, 6) is -0.261. The Morgan fingerprint density at radius 2 is 2.06 bits per heavy atom. The van der Waals surface area contributed by atoms with Crippen LogP contribution in [0.4, 0.5) is 0 Å². The Bertz CT molecular complexity index is 284. The molecule has 0 radical (unpaired) electrons. The van der Waals surface area contributed by atoms with Gasteiger partial charge in [-0.3, -0.25) is 4.79 Å². The average molecular weight is 256 g/mol. The Labute approximate surface area is 108 Å². The third-order valence-corrected chi connectivity index (χ3v) is 3.35. The van der Waals surface area contributed by atoms with Gasteiger partial charge < -0.3 is 20.3 Å². The summed E-state index contributed by atoms with van der Waals surface area (Å²) >= 11 is 0. The number of ether oxygens (including phenoxy) is 1. The van der Waals surface area contributed by atoms with Crippen LogP contribution in [0.5, 0.6) is 0 Å². The molecular weight excluding hydrogens is 232 g/mol. The molecule has 1 aliphatic heterocycles. The first-order valence-corrected chi connectivity index (χ1v) is 6.62. The van der Waals surface area contributed by atoms with Gasteiger partial charge in [0.1, 0.15) is 26.2 Å². The van der Waals surface area contributed by atoms with Crippen molar-refractivity contribution in [2.24, 2.45) is 5.73 Å². The number of hydrogen-bond donors (Lipinski definition) is 3. The standard InChI is InChI=1S/C12H22N4O2/c13-3-1-4-15(5-2-12(14)17)6-7-16-8-10-18-11-9-16/h1-2,4-11H2,(H2,14,17)/p+2. The molecule has 6 heteroatoms. The molecule has 1 unspecified atom stereocenters. The van der Waals surface area contributed by atoms with Crippen molar-refractivity contribution >= 4 is 5.91 Å². The molecule has 1 heterocycles. The fraction of sp³-hybridized carbons (Fsp3) is 0.833. The van der Waals surface area contributed by atoms with Crippen molar-refractivity contribution in [2.45, 2.75) is 12.8 Å². The summed E-state index contributed by atoms with van der Waals surface area (Å²) in [4.78, 5) is 13.7. The van der Waals surface area contributed by atoms with Gasteiger partial charge in [0.25, 0.3) is 0 Å².